The second-order valence-corrected chi connectivity index (χ2v) is 7.46. The molecule has 2 saturated heterocycles. The van der Waals surface area contributed by atoms with Gasteiger partial charge in [0.15, 0.2) is 0 Å². The second-order valence-electron chi connectivity index (χ2n) is 7.46. The highest BCUT2D eigenvalue weighted by atomic mass is 19.1. The van der Waals surface area contributed by atoms with Crippen LogP contribution in [0.1, 0.15) is 19.8 Å². The topological polar surface area (TPSA) is 78.7 Å². The number of nitrogens with two attached hydrogens (primary N) is 1. The maximum Gasteiger partial charge on any atom is 0.322 e. The number of piperazine rings is 1. The van der Waals surface area contributed by atoms with Gasteiger partial charge in [0.05, 0.1) is 11.4 Å². The number of carbonyl (C=O) groups is 2. The number of nitrogen functional groups attached to an aromatic ring is 1. The van der Waals surface area contributed by atoms with Gasteiger partial charge in [-0.2, -0.15) is 0 Å². The Morgan fingerprint density at radius 3 is 2.25 bits per heavy atom. The van der Waals surface area contributed by atoms with Gasteiger partial charge < -0.3 is 20.9 Å². The normalized spacial score (nSPS) is 20.9. The highest BCUT2D eigenvalue weighted by Crippen LogP contribution is 2.31. The molecule has 7 heteroatoms. The molecule has 3 amide bonds. The van der Waals surface area contributed by atoms with Crippen molar-refractivity contribution >= 4 is 23.3 Å². The van der Waals surface area contributed by atoms with Crippen LogP contribution in [0.25, 0.3) is 11.1 Å². The highest BCUT2D eigenvalue weighted by molar-refractivity contribution is 5.94. The van der Waals surface area contributed by atoms with Crippen molar-refractivity contribution in [3.05, 3.63) is 48.3 Å². The monoisotopic (exact) mass is 382 g/mol. The Bertz CT molecular complexity index is 901. The van der Waals surface area contributed by atoms with E-state index in [0.29, 0.717) is 24.5 Å². The summed E-state index contributed by atoms with van der Waals surface area (Å²) in [6.07, 6.45) is 1.85. The Hall–Kier alpha value is -3.09. The Labute approximate surface area is 163 Å². The molecule has 2 aliphatic rings. The van der Waals surface area contributed by atoms with E-state index < -0.39 is 0 Å². The first-order valence-electron chi connectivity index (χ1n) is 9.42. The number of nitrogens with zero attached hydrogens (tertiary/aromatic N) is 2. The number of benzene rings is 2. The van der Waals surface area contributed by atoms with Crippen molar-refractivity contribution in [1.82, 2.24) is 9.80 Å². The molecule has 3 N–H and O–H groups in total. The molecule has 28 heavy (non-hydrogen) atoms. The molecule has 6 nitrogen and oxygen atoms in total. The van der Waals surface area contributed by atoms with Crippen LogP contribution in [0, 0.1) is 5.82 Å². The first-order valence-corrected chi connectivity index (χ1v) is 9.42. The number of amides is 3. The van der Waals surface area contributed by atoms with Gasteiger partial charge in [0, 0.05) is 32.1 Å². The zero-order chi connectivity index (χ0) is 19.8. The van der Waals surface area contributed by atoms with Crippen LogP contribution in [0.5, 0.6) is 0 Å². The Balaban J connectivity index is 1.50. The molecular formula is C21H23FN4O2. The van der Waals surface area contributed by atoms with Gasteiger partial charge in [-0.1, -0.05) is 18.2 Å². The van der Waals surface area contributed by atoms with Gasteiger partial charge in [0.25, 0.3) is 0 Å². The average molecular weight is 382 g/mol. The van der Waals surface area contributed by atoms with Crippen molar-refractivity contribution in [2.75, 3.05) is 24.1 Å². The van der Waals surface area contributed by atoms with E-state index in [-0.39, 0.29) is 29.8 Å². The van der Waals surface area contributed by atoms with Crippen LogP contribution in [-0.2, 0) is 4.79 Å². The lowest BCUT2D eigenvalue weighted by Gasteiger charge is -2.40. The summed E-state index contributed by atoms with van der Waals surface area (Å²) in [5.74, 6) is -0.226. The molecular weight excluding hydrogens is 359 g/mol. The number of carbonyl (C=O) groups excluding carboxylic acids is 2. The molecule has 2 aromatic rings. The number of urea groups is 1. The van der Waals surface area contributed by atoms with Crippen LogP contribution >= 0.6 is 0 Å². The van der Waals surface area contributed by atoms with Gasteiger partial charge in [-0.15, -0.1) is 0 Å². The van der Waals surface area contributed by atoms with Crippen molar-refractivity contribution in [3.8, 4) is 11.1 Å². The molecule has 0 aromatic heterocycles. The van der Waals surface area contributed by atoms with E-state index in [1.54, 1.807) is 36.1 Å². The molecule has 0 spiro atoms. The van der Waals surface area contributed by atoms with Crippen molar-refractivity contribution < 1.29 is 14.0 Å². The van der Waals surface area contributed by atoms with E-state index in [1.165, 1.54) is 12.1 Å². The summed E-state index contributed by atoms with van der Waals surface area (Å²) in [4.78, 5) is 28.3. The molecule has 2 heterocycles. The summed E-state index contributed by atoms with van der Waals surface area (Å²) in [6, 6.07) is 11.5. The van der Waals surface area contributed by atoms with Gasteiger partial charge in [-0.05, 0) is 48.2 Å². The third kappa shape index (κ3) is 3.40. The largest absolute Gasteiger partial charge is 0.397 e. The summed E-state index contributed by atoms with van der Waals surface area (Å²) in [6.45, 7) is 2.64. The number of nitrogens with one attached hydrogen (secondary N) is 1. The fourth-order valence-corrected chi connectivity index (χ4v) is 4.26. The maximum atomic E-state index is 13.2. The summed E-state index contributed by atoms with van der Waals surface area (Å²) in [7, 11) is 0. The lowest BCUT2D eigenvalue weighted by molar-refractivity contribution is -0.133. The first-order chi connectivity index (χ1) is 13.4. The zero-order valence-electron chi connectivity index (χ0n) is 15.7. The van der Waals surface area contributed by atoms with E-state index in [1.807, 2.05) is 11.0 Å². The minimum absolute atomic E-state index is 0.0730. The van der Waals surface area contributed by atoms with Crippen LogP contribution in [0.3, 0.4) is 0 Å². The van der Waals surface area contributed by atoms with Crippen molar-refractivity contribution in [2.45, 2.75) is 31.8 Å². The predicted octanol–water partition coefficient (Wildman–Crippen LogP) is 3.30. The number of fused-ring (bicyclic) bond motifs is 2. The average Bonchev–Trinajstić information content (AvgIpc) is 2.94. The minimum atomic E-state index is -0.299. The summed E-state index contributed by atoms with van der Waals surface area (Å²) >= 11 is 0. The van der Waals surface area contributed by atoms with E-state index in [4.69, 9.17) is 5.73 Å². The van der Waals surface area contributed by atoms with Crippen molar-refractivity contribution in [2.24, 2.45) is 0 Å². The smallest absolute Gasteiger partial charge is 0.322 e. The third-order valence-corrected chi connectivity index (χ3v) is 5.61. The molecule has 2 atom stereocenters. The molecule has 0 saturated carbocycles. The predicted molar refractivity (Wildman–Crippen MR) is 106 cm³/mol. The zero-order valence-corrected chi connectivity index (χ0v) is 15.7. The molecule has 2 bridgehead atoms. The van der Waals surface area contributed by atoms with Crippen LogP contribution in [-0.4, -0.2) is 46.9 Å². The fourth-order valence-electron chi connectivity index (χ4n) is 4.26. The molecule has 2 aromatic carbocycles. The fraction of sp³-hybridized carbons (Fsp3) is 0.333. The van der Waals surface area contributed by atoms with Gasteiger partial charge >= 0.3 is 6.03 Å². The summed E-state index contributed by atoms with van der Waals surface area (Å²) in [5, 5.41) is 2.90. The third-order valence-electron chi connectivity index (χ3n) is 5.61. The molecule has 2 aliphatic heterocycles. The number of likely N-dealkylation sites (tertiary alicyclic amines) is 1. The molecule has 4 rings (SSSR count). The van der Waals surface area contributed by atoms with Crippen LogP contribution in [0.4, 0.5) is 20.6 Å². The van der Waals surface area contributed by atoms with E-state index in [2.05, 4.69) is 5.32 Å². The SMILES string of the molecule is CC(=O)N1C2CCC1CN(C(=O)Nc1cc(-c3ccc(F)cc3)ccc1N)C2. The molecule has 2 unspecified atom stereocenters. The van der Waals surface area contributed by atoms with Crippen LogP contribution in [0.15, 0.2) is 42.5 Å². The number of halogens is 1. The lowest BCUT2D eigenvalue weighted by Crippen LogP contribution is -2.57. The highest BCUT2D eigenvalue weighted by Gasteiger charge is 2.42. The quantitative estimate of drug-likeness (QED) is 0.782. The van der Waals surface area contributed by atoms with Gasteiger partial charge in [-0.3, -0.25) is 4.79 Å². The Kier molecular flexibility index (Phi) is 4.66. The lowest BCUT2D eigenvalue weighted by atomic mass is 10.0. The molecule has 0 aliphatic carbocycles. The molecule has 2 fully saturated rings. The standard InChI is InChI=1S/C21H23FN4O2/c1-13(27)26-17-7-8-18(26)12-25(11-17)21(28)24-20-10-15(4-9-19(20)23)14-2-5-16(22)6-3-14/h2-6,9-10,17-18H,7-8,11-12,23H2,1H3,(H,24,28). The Morgan fingerprint density at radius 2 is 1.64 bits per heavy atom. The Morgan fingerprint density at radius 1 is 1.04 bits per heavy atom. The van der Waals surface area contributed by atoms with Crippen molar-refractivity contribution in [1.29, 1.82) is 0 Å². The van der Waals surface area contributed by atoms with Gasteiger partial charge in [0.1, 0.15) is 5.82 Å². The minimum Gasteiger partial charge on any atom is -0.397 e. The van der Waals surface area contributed by atoms with E-state index >= 15 is 0 Å². The van der Waals surface area contributed by atoms with E-state index in [9.17, 15) is 14.0 Å². The maximum absolute atomic E-state index is 13.2. The van der Waals surface area contributed by atoms with Crippen molar-refractivity contribution in [3.63, 3.8) is 0 Å². The van der Waals surface area contributed by atoms with Gasteiger partial charge in [-0.25, -0.2) is 9.18 Å². The summed E-state index contributed by atoms with van der Waals surface area (Å²) in [5.41, 5.74) is 8.71. The molecule has 0 radical (unpaired) electrons. The summed E-state index contributed by atoms with van der Waals surface area (Å²) < 4.78 is 13.2. The first kappa shape index (κ1) is 18.3. The molecule has 146 valence electrons. The number of rotatable bonds is 2. The number of anilines is 2. The van der Waals surface area contributed by atoms with Gasteiger partial charge in [0.2, 0.25) is 5.91 Å². The second kappa shape index (κ2) is 7.14. The number of hydrogen-bond acceptors (Lipinski definition) is 3. The van der Waals surface area contributed by atoms with Crippen LogP contribution < -0.4 is 11.1 Å². The van der Waals surface area contributed by atoms with E-state index in [0.717, 1.165) is 24.0 Å². The number of hydrogen-bond donors (Lipinski definition) is 2. The van der Waals surface area contributed by atoms with Crippen LogP contribution in [0.2, 0.25) is 0 Å².